The smallest absolute Gasteiger partial charge is 0.289 e. The van der Waals surface area contributed by atoms with Crippen LogP contribution in [0.5, 0.6) is 0 Å². The number of aromatic nitrogens is 2. The van der Waals surface area contributed by atoms with Gasteiger partial charge in [-0.25, -0.2) is 4.98 Å². The minimum Gasteiger partial charge on any atom is -0.334 e. The first-order valence-electron chi connectivity index (χ1n) is 7.70. The van der Waals surface area contributed by atoms with E-state index in [1.54, 1.807) is 0 Å². The van der Waals surface area contributed by atoms with Gasteiger partial charge in [0.1, 0.15) is 0 Å². The van der Waals surface area contributed by atoms with Crippen LogP contribution in [0.1, 0.15) is 43.2 Å². The molecule has 3 N–H and O–H groups in total. The molecule has 1 aliphatic rings. The number of aromatic amines is 1. The van der Waals surface area contributed by atoms with Crippen LogP contribution in [0.25, 0.3) is 11.0 Å². The summed E-state index contributed by atoms with van der Waals surface area (Å²) in [7, 11) is 0. The van der Waals surface area contributed by atoms with Crippen molar-refractivity contribution in [2.45, 2.75) is 44.7 Å². The SMILES string of the molecule is CCN(C(=O)c1nc2ccccc2[nH]1)[C@H]1CCC[C@@H](N)C1. The molecule has 0 saturated heterocycles. The fourth-order valence-electron chi connectivity index (χ4n) is 3.24. The van der Waals surface area contributed by atoms with E-state index in [0.717, 1.165) is 36.7 Å². The number of para-hydroxylation sites is 2. The number of carbonyl (C=O) groups excluding carboxylic acids is 1. The molecule has 1 saturated carbocycles. The van der Waals surface area contributed by atoms with Gasteiger partial charge in [-0.2, -0.15) is 0 Å². The largest absolute Gasteiger partial charge is 0.334 e. The molecular weight excluding hydrogens is 264 g/mol. The van der Waals surface area contributed by atoms with Crippen LogP contribution in [0.15, 0.2) is 24.3 Å². The number of carbonyl (C=O) groups is 1. The van der Waals surface area contributed by atoms with Crippen LogP contribution in [0, 0.1) is 0 Å². The number of hydrogen-bond donors (Lipinski definition) is 2. The zero-order valence-corrected chi connectivity index (χ0v) is 12.4. The van der Waals surface area contributed by atoms with E-state index >= 15 is 0 Å². The monoisotopic (exact) mass is 286 g/mol. The zero-order chi connectivity index (χ0) is 14.8. The Kier molecular flexibility index (Phi) is 3.92. The molecule has 21 heavy (non-hydrogen) atoms. The molecular formula is C16H22N4O. The number of nitrogens with zero attached hydrogens (tertiary/aromatic N) is 2. The molecule has 2 atom stereocenters. The maximum absolute atomic E-state index is 12.7. The first-order valence-corrected chi connectivity index (χ1v) is 7.70. The average Bonchev–Trinajstić information content (AvgIpc) is 2.92. The van der Waals surface area contributed by atoms with Gasteiger partial charge in [-0.1, -0.05) is 12.1 Å². The summed E-state index contributed by atoms with van der Waals surface area (Å²) in [5, 5.41) is 0. The quantitative estimate of drug-likeness (QED) is 0.909. The number of imidazole rings is 1. The van der Waals surface area contributed by atoms with E-state index in [1.807, 2.05) is 36.1 Å². The lowest BCUT2D eigenvalue weighted by Gasteiger charge is -2.35. The third-order valence-corrected chi connectivity index (χ3v) is 4.32. The van der Waals surface area contributed by atoms with Gasteiger partial charge in [-0.3, -0.25) is 4.79 Å². The molecule has 2 aromatic rings. The Labute approximate surface area is 124 Å². The van der Waals surface area contributed by atoms with Crippen LogP contribution in [0.4, 0.5) is 0 Å². The number of rotatable bonds is 3. The highest BCUT2D eigenvalue weighted by atomic mass is 16.2. The Morgan fingerprint density at radius 1 is 1.43 bits per heavy atom. The first-order chi connectivity index (χ1) is 10.2. The molecule has 112 valence electrons. The van der Waals surface area contributed by atoms with Gasteiger partial charge < -0.3 is 15.6 Å². The summed E-state index contributed by atoms with van der Waals surface area (Å²) < 4.78 is 0. The average molecular weight is 286 g/mol. The van der Waals surface area contributed by atoms with Crippen LogP contribution < -0.4 is 5.73 Å². The standard InChI is InChI=1S/C16H22N4O/c1-2-20(12-7-5-6-11(17)10-12)16(21)15-18-13-8-3-4-9-14(13)19-15/h3-4,8-9,11-12H,2,5-7,10,17H2,1H3,(H,18,19)/t11-,12+/m1/s1. The maximum atomic E-state index is 12.7. The van der Waals surface area contributed by atoms with E-state index < -0.39 is 0 Å². The van der Waals surface area contributed by atoms with Crippen LogP contribution >= 0.6 is 0 Å². The van der Waals surface area contributed by atoms with Gasteiger partial charge >= 0.3 is 0 Å². The van der Waals surface area contributed by atoms with E-state index in [2.05, 4.69) is 9.97 Å². The second-order valence-electron chi connectivity index (χ2n) is 5.77. The fraction of sp³-hybridized carbons (Fsp3) is 0.500. The summed E-state index contributed by atoms with van der Waals surface area (Å²) in [6.45, 7) is 2.70. The van der Waals surface area contributed by atoms with Crippen molar-refractivity contribution in [2.75, 3.05) is 6.54 Å². The fourth-order valence-corrected chi connectivity index (χ4v) is 3.24. The number of hydrogen-bond acceptors (Lipinski definition) is 3. The molecule has 1 aromatic heterocycles. The summed E-state index contributed by atoms with van der Waals surface area (Å²) in [6, 6.07) is 8.16. The molecule has 0 spiro atoms. The van der Waals surface area contributed by atoms with Crippen LogP contribution in [0.2, 0.25) is 0 Å². The number of fused-ring (bicyclic) bond motifs is 1. The first kappa shape index (κ1) is 14.1. The van der Waals surface area contributed by atoms with E-state index in [9.17, 15) is 4.79 Å². The molecule has 1 fully saturated rings. The van der Waals surface area contributed by atoms with Crippen molar-refractivity contribution in [2.24, 2.45) is 5.73 Å². The zero-order valence-electron chi connectivity index (χ0n) is 12.4. The molecule has 3 rings (SSSR count). The lowest BCUT2D eigenvalue weighted by Crippen LogP contribution is -2.45. The normalized spacial score (nSPS) is 22.4. The Balaban J connectivity index is 1.84. The molecule has 0 bridgehead atoms. The van der Waals surface area contributed by atoms with Gasteiger partial charge in [0.15, 0.2) is 5.82 Å². The topological polar surface area (TPSA) is 75.0 Å². The summed E-state index contributed by atoms with van der Waals surface area (Å²) in [6.07, 6.45) is 4.08. The minimum atomic E-state index is -0.0206. The molecule has 1 amide bonds. The van der Waals surface area contributed by atoms with Crippen molar-refractivity contribution in [1.82, 2.24) is 14.9 Å². The maximum Gasteiger partial charge on any atom is 0.289 e. The highest BCUT2D eigenvalue weighted by molar-refractivity contribution is 5.94. The molecule has 5 heteroatoms. The predicted octanol–water partition coefficient (Wildman–Crippen LogP) is 2.29. The Hall–Kier alpha value is -1.88. The van der Waals surface area contributed by atoms with Crippen LogP contribution in [-0.2, 0) is 0 Å². The summed E-state index contributed by atoms with van der Waals surface area (Å²) in [5.74, 6) is 0.407. The van der Waals surface area contributed by atoms with Crippen molar-refractivity contribution < 1.29 is 4.79 Å². The Bertz CT molecular complexity index is 603. The molecule has 1 heterocycles. The van der Waals surface area contributed by atoms with Gasteiger partial charge in [-0.05, 0) is 44.7 Å². The van der Waals surface area contributed by atoms with Crippen molar-refractivity contribution in [3.8, 4) is 0 Å². The highest BCUT2D eigenvalue weighted by Gasteiger charge is 2.29. The van der Waals surface area contributed by atoms with Crippen molar-refractivity contribution in [3.05, 3.63) is 30.1 Å². The summed E-state index contributed by atoms with van der Waals surface area (Å²) >= 11 is 0. The summed E-state index contributed by atoms with van der Waals surface area (Å²) in [5.41, 5.74) is 7.79. The molecule has 1 aromatic carbocycles. The minimum absolute atomic E-state index is 0.0206. The highest BCUT2D eigenvalue weighted by Crippen LogP contribution is 2.23. The second kappa shape index (κ2) is 5.85. The van der Waals surface area contributed by atoms with Crippen molar-refractivity contribution in [1.29, 1.82) is 0 Å². The van der Waals surface area contributed by atoms with Crippen LogP contribution in [-0.4, -0.2) is 39.4 Å². The third-order valence-electron chi connectivity index (χ3n) is 4.32. The third kappa shape index (κ3) is 2.78. The van der Waals surface area contributed by atoms with E-state index in [0.29, 0.717) is 12.4 Å². The van der Waals surface area contributed by atoms with Gasteiger partial charge in [-0.15, -0.1) is 0 Å². The molecule has 1 aliphatic carbocycles. The molecule has 0 aliphatic heterocycles. The molecule has 0 unspecified atom stereocenters. The lowest BCUT2D eigenvalue weighted by atomic mass is 9.90. The van der Waals surface area contributed by atoms with Gasteiger partial charge in [0.2, 0.25) is 0 Å². The number of benzene rings is 1. The predicted molar refractivity (Wildman–Crippen MR) is 83.0 cm³/mol. The molecule has 0 radical (unpaired) electrons. The van der Waals surface area contributed by atoms with E-state index in [1.165, 1.54) is 0 Å². The number of amides is 1. The second-order valence-corrected chi connectivity index (χ2v) is 5.77. The van der Waals surface area contributed by atoms with Crippen molar-refractivity contribution >= 4 is 16.9 Å². The number of nitrogens with one attached hydrogen (secondary N) is 1. The van der Waals surface area contributed by atoms with E-state index in [4.69, 9.17) is 5.73 Å². The van der Waals surface area contributed by atoms with Gasteiger partial charge in [0, 0.05) is 18.6 Å². The molecule has 5 nitrogen and oxygen atoms in total. The van der Waals surface area contributed by atoms with E-state index in [-0.39, 0.29) is 18.0 Å². The van der Waals surface area contributed by atoms with Gasteiger partial charge in [0.05, 0.1) is 11.0 Å². The Morgan fingerprint density at radius 2 is 2.24 bits per heavy atom. The number of nitrogens with two attached hydrogens (primary N) is 1. The summed E-state index contributed by atoms with van der Waals surface area (Å²) in [4.78, 5) is 22.2. The lowest BCUT2D eigenvalue weighted by molar-refractivity contribution is 0.0627. The van der Waals surface area contributed by atoms with Crippen molar-refractivity contribution in [3.63, 3.8) is 0 Å². The Morgan fingerprint density at radius 3 is 2.95 bits per heavy atom. The number of H-pyrrole nitrogens is 1. The van der Waals surface area contributed by atoms with Gasteiger partial charge in [0.25, 0.3) is 5.91 Å². The van der Waals surface area contributed by atoms with Crippen LogP contribution in [0.3, 0.4) is 0 Å².